The Morgan fingerprint density at radius 1 is 1.75 bits per heavy atom. The molecule has 0 rings (SSSR count). The Labute approximate surface area is 81.1 Å². The van der Waals surface area contributed by atoms with Crippen LogP contribution in [0.2, 0.25) is 0 Å². The van der Waals surface area contributed by atoms with E-state index in [1.807, 2.05) is 0 Å². The van der Waals surface area contributed by atoms with Crippen LogP contribution in [-0.2, 0) is 0 Å². The van der Waals surface area contributed by atoms with Crippen LogP contribution in [0.4, 0.5) is 0 Å². The fourth-order valence-electron chi connectivity index (χ4n) is 0. The van der Waals surface area contributed by atoms with Gasteiger partial charge in [-0.2, -0.15) is 0 Å². The van der Waals surface area contributed by atoms with E-state index in [1.165, 1.54) is 0 Å². The van der Waals surface area contributed by atoms with Crippen molar-refractivity contribution in [3.8, 4) is 4.12 Å². The van der Waals surface area contributed by atoms with Crippen molar-refractivity contribution < 1.29 is 0 Å². The first-order valence-electron chi connectivity index (χ1n) is 0.447. The summed E-state index contributed by atoms with van der Waals surface area (Å²) < 4.78 is 1.80. The van der Waals surface area contributed by atoms with Crippen LogP contribution in [0.25, 0.3) is 0 Å². The summed E-state index contributed by atoms with van der Waals surface area (Å²) >= 11 is 1.16. The first kappa shape index (κ1) is 9.32. The molecule has 0 spiro atoms. The third-order valence-electron chi connectivity index (χ3n) is 0. The van der Waals surface area contributed by atoms with Crippen molar-refractivity contribution in [1.29, 1.82) is 5.26 Å². The number of nitrogens with zero attached hydrogens (tertiary/aromatic N) is 1. The first-order chi connectivity index (χ1) is 1.41. The summed E-state index contributed by atoms with van der Waals surface area (Å²) in [6.45, 7) is 0. The van der Waals surface area contributed by atoms with Gasteiger partial charge in [0.1, 0.15) is 0 Å². The molecule has 4 heavy (non-hydrogen) atoms. The van der Waals surface area contributed by atoms with Gasteiger partial charge in [-0.05, 0) is 0 Å². The predicted molar refractivity (Wildman–Crippen MR) is 19.9 cm³/mol. The van der Waals surface area contributed by atoms with E-state index in [-0.39, 0.29) is 51.4 Å². The molecule has 1 nitrogen and oxygen atoms in total. The van der Waals surface area contributed by atoms with Gasteiger partial charge in [0.25, 0.3) is 0 Å². The molecule has 0 fully saturated rings. The standard InChI is InChI=1S/CHNTe.K.H/c2-1-3;;/h3H;;. The van der Waals surface area contributed by atoms with Gasteiger partial charge in [-0.3, -0.25) is 0 Å². The van der Waals surface area contributed by atoms with Crippen molar-refractivity contribution in [3.63, 3.8) is 0 Å². The number of hydrogen-bond acceptors (Lipinski definition) is 1. The summed E-state index contributed by atoms with van der Waals surface area (Å²) in [6, 6.07) is 0. The molecule has 0 unspecified atom stereocenters. The molecule has 0 aromatic rings. The average molecular weight is 195 g/mol. The van der Waals surface area contributed by atoms with Crippen LogP contribution in [0, 0.1) is 9.38 Å². The Hall–Kier alpha value is 1.92. The van der Waals surface area contributed by atoms with Gasteiger partial charge in [-0.25, -0.2) is 0 Å². The van der Waals surface area contributed by atoms with Crippen LogP contribution >= 0.6 is 0 Å². The summed E-state index contributed by atoms with van der Waals surface area (Å²) in [7, 11) is 0. The van der Waals surface area contributed by atoms with E-state index in [4.69, 9.17) is 5.26 Å². The molecule has 0 radical (unpaired) electrons. The van der Waals surface area contributed by atoms with Crippen LogP contribution in [0.3, 0.4) is 0 Å². The second kappa shape index (κ2) is 8.87. The third kappa shape index (κ3) is 9.07. The van der Waals surface area contributed by atoms with Crippen LogP contribution < -0.4 is 0 Å². The Balaban J connectivity index is 0. The summed E-state index contributed by atoms with van der Waals surface area (Å²) in [5, 5.41) is 7.34. The Morgan fingerprint density at radius 2 is 1.75 bits per heavy atom. The van der Waals surface area contributed by atoms with Gasteiger partial charge in [-0.15, -0.1) is 0 Å². The molecule has 0 atom stereocenters. The molecular formula is CH2KNTe. The molecule has 0 heterocycles. The fraction of sp³-hybridized carbons (Fsp3) is 0. The SMILES string of the molecule is N#C[TeH].[KH]. The van der Waals surface area contributed by atoms with E-state index in [9.17, 15) is 0 Å². The molecule has 0 aliphatic rings. The molecule has 0 aliphatic carbocycles. The van der Waals surface area contributed by atoms with Crippen molar-refractivity contribution >= 4 is 73.7 Å². The first-order valence-corrected chi connectivity index (χ1v) is 1.72. The van der Waals surface area contributed by atoms with Gasteiger partial charge >= 0.3 is 83.1 Å². The van der Waals surface area contributed by atoms with Crippen molar-refractivity contribution in [2.45, 2.75) is 0 Å². The van der Waals surface area contributed by atoms with E-state index >= 15 is 0 Å². The molecule has 0 saturated heterocycles. The van der Waals surface area contributed by atoms with E-state index in [1.54, 1.807) is 4.12 Å². The van der Waals surface area contributed by atoms with E-state index in [2.05, 4.69) is 0 Å². The minimum atomic E-state index is 0. The van der Waals surface area contributed by atoms with Gasteiger partial charge in [-0.1, -0.05) is 0 Å². The zero-order valence-electron chi connectivity index (χ0n) is 1.39. The van der Waals surface area contributed by atoms with Crippen molar-refractivity contribution in [3.05, 3.63) is 0 Å². The summed E-state index contributed by atoms with van der Waals surface area (Å²) in [5.41, 5.74) is 0. The number of rotatable bonds is 0. The molecule has 0 saturated carbocycles. The zero-order chi connectivity index (χ0) is 2.71. The van der Waals surface area contributed by atoms with E-state index < -0.39 is 0 Å². The Kier molecular flexibility index (Phi) is 20.7. The van der Waals surface area contributed by atoms with Crippen molar-refractivity contribution in [1.82, 2.24) is 0 Å². The second-order valence-electron chi connectivity index (χ2n) is 0.100. The molecule has 0 N–H and O–H groups in total. The summed E-state index contributed by atoms with van der Waals surface area (Å²) in [5.74, 6) is 0. The molecule has 0 aliphatic heterocycles. The molecular weight excluding hydrogens is 193 g/mol. The number of nitriles is 1. The fourth-order valence-corrected chi connectivity index (χ4v) is 0. The van der Waals surface area contributed by atoms with Crippen LogP contribution in [-0.4, -0.2) is 73.7 Å². The van der Waals surface area contributed by atoms with Crippen LogP contribution in [0.1, 0.15) is 0 Å². The van der Waals surface area contributed by atoms with Crippen LogP contribution in [0.5, 0.6) is 0 Å². The minimum absolute atomic E-state index is 0. The quantitative estimate of drug-likeness (QED) is 0.441. The molecule has 0 bridgehead atoms. The van der Waals surface area contributed by atoms with Crippen molar-refractivity contribution in [2.75, 3.05) is 0 Å². The molecule has 18 valence electrons. The maximum absolute atomic E-state index is 7.34. The van der Waals surface area contributed by atoms with E-state index in [0.717, 1.165) is 22.3 Å². The molecule has 0 aromatic carbocycles. The van der Waals surface area contributed by atoms with E-state index in [0.29, 0.717) is 0 Å². The monoisotopic (exact) mass is 197 g/mol. The van der Waals surface area contributed by atoms with Crippen LogP contribution in [0.15, 0.2) is 0 Å². The maximum atomic E-state index is 7.34. The summed E-state index contributed by atoms with van der Waals surface area (Å²) in [6.07, 6.45) is 0. The van der Waals surface area contributed by atoms with Gasteiger partial charge in [0.05, 0.1) is 0 Å². The zero-order valence-corrected chi connectivity index (χ0v) is 3.95. The topological polar surface area (TPSA) is 23.8 Å². The summed E-state index contributed by atoms with van der Waals surface area (Å²) in [4.78, 5) is 0. The van der Waals surface area contributed by atoms with Crippen molar-refractivity contribution in [2.24, 2.45) is 0 Å². The van der Waals surface area contributed by atoms with Gasteiger partial charge in [0.15, 0.2) is 0 Å². The van der Waals surface area contributed by atoms with Gasteiger partial charge in [0, 0.05) is 0 Å². The average Bonchev–Trinajstić information content (AvgIpc) is 0.918. The Bertz CT molecular complexity index is 29.5. The molecule has 3 heteroatoms. The molecule has 0 aromatic heterocycles. The number of hydrogen-bond donors (Lipinski definition) is 0. The third-order valence-corrected chi connectivity index (χ3v) is 0. The Morgan fingerprint density at radius 3 is 1.75 bits per heavy atom. The van der Waals surface area contributed by atoms with Gasteiger partial charge in [0.2, 0.25) is 0 Å². The second-order valence-corrected chi connectivity index (χ2v) is 0.671. The normalized spacial score (nSPS) is 2.00. The predicted octanol–water partition coefficient (Wildman–Crippen LogP) is -1.28. The molecule has 0 amide bonds. The van der Waals surface area contributed by atoms with Gasteiger partial charge < -0.3 is 0 Å².